The molecule has 2 heterocycles. The van der Waals surface area contributed by atoms with Crippen LogP contribution in [0.4, 0.5) is 4.39 Å². The maximum absolute atomic E-state index is 14.0. The largest absolute Gasteiger partial charge is 0.332 e. The summed E-state index contributed by atoms with van der Waals surface area (Å²) in [5.74, 6) is -1.47. The van der Waals surface area contributed by atoms with E-state index in [0.717, 1.165) is 16.2 Å². The summed E-state index contributed by atoms with van der Waals surface area (Å²) < 4.78 is 14.0. The predicted molar refractivity (Wildman–Crippen MR) is 115 cm³/mol. The second-order valence-corrected chi connectivity index (χ2v) is 7.98. The van der Waals surface area contributed by atoms with Crippen LogP contribution in [0.15, 0.2) is 77.2 Å². The van der Waals surface area contributed by atoms with E-state index in [4.69, 9.17) is 0 Å². The van der Waals surface area contributed by atoms with Gasteiger partial charge in [-0.3, -0.25) is 9.59 Å². The van der Waals surface area contributed by atoms with Crippen LogP contribution in [0.5, 0.6) is 0 Å². The zero-order valence-corrected chi connectivity index (χ0v) is 17.2. The number of hydrazone groups is 1. The van der Waals surface area contributed by atoms with Crippen LogP contribution in [-0.2, 0) is 4.79 Å². The number of rotatable bonds is 5. The lowest BCUT2D eigenvalue weighted by atomic mass is 10.0. The van der Waals surface area contributed by atoms with Gasteiger partial charge in [-0.15, -0.1) is 11.3 Å². The van der Waals surface area contributed by atoms with E-state index >= 15 is 0 Å². The second kappa shape index (κ2) is 8.59. The highest BCUT2D eigenvalue weighted by Gasteiger charge is 2.34. The van der Waals surface area contributed by atoms with E-state index in [1.165, 1.54) is 35.2 Å². The SMILES string of the molecule is CN(CC(=O)N1N=C(c2cccs2)C[C@@H]1c1ccccc1)C(=O)c1ccccc1F. The van der Waals surface area contributed by atoms with Crippen molar-refractivity contribution in [2.45, 2.75) is 12.5 Å². The topological polar surface area (TPSA) is 53.0 Å². The minimum Gasteiger partial charge on any atom is -0.332 e. The van der Waals surface area contributed by atoms with Gasteiger partial charge in [-0.2, -0.15) is 5.10 Å². The highest BCUT2D eigenvalue weighted by Crippen LogP contribution is 2.33. The van der Waals surface area contributed by atoms with Gasteiger partial charge in [-0.25, -0.2) is 9.40 Å². The number of carbonyl (C=O) groups is 2. The average Bonchev–Trinajstić information content (AvgIpc) is 3.44. The molecule has 0 saturated carbocycles. The molecular formula is C23H20FN3O2S. The molecule has 1 aromatic heterocycles. The Morgan fingerprint density at radius 1 is 1.10 bits per heavy atom. The van der Waals surface area contributed by atoms with Gasteiger partial charge in [0.2, 0.25) is 0 Å². The fourth-order valence-electron chi connectivity index (χ4n) is 3.45. The van der Waals surface area contributed by atoms with Gasteiger partial charge in [0.25, 0.3) is 11.8 Å². The molecular weight excluding hydrogens is 401 g/mol. The first-order valence-corrected chi connectivity index (χ1v) is 10.4. The van der Waals surface area contributed by atoms with Crippen LogP contribution in [0.1, 0.15) is 33.3 Å². The number of nitrogens with zero attached hydrogens (tertiary/aromatic N) is 3. The molecule has 0 bridgehead atoms. The number of hydrogen-bond acceptors (Lipinski definition) is 4. The van der Waals surface area contributed by atoms with Crippen LogP contribution >= 0.6 is 11.3 Å². The number of amides is 2. The fraction of sp³-hybridized carbons (Fsp3) is 0.174. The van der Waals surface area contributed by atoms with Crippen LogP contribution in [0.2, 0.25) is 0 Å². The van der Waals surface area contributed by atoms with Gasteiger partial charge >= 0.3 is 0 Å². The smallest absolute Gasteiger partial charge is 0.262 e. The van der Waals surface area contributed by atoms with Gasteiger partial charge in [0.05, 0.1) is 22.2 Å². The molecule has 0 aliphatic carbocycles. The summed E-state index contributed by atoms with van der Waals surface area (Å²) in [6.07, 6.45) is 0.598. The van der Waals surface area contributed by atoms with Crippen molar-refractivity contribution in [3.8, 4) is 0 Å². The minimum absolute atomic E-state index is 0.0587. The summed E-state index contributed by atoms with van der Waals surface area (Å²) in [5, 5.41) is 8.02. The summed E-state index contributed by atoms with van der Waals surface area (Å²) in [4.78, 5) is 27.9. The first-order valence-electron chi connectivity index (χ1n) is 9.53. The Morgan fingerprint density at radius 3 is 2.53 bits per heavy atom. The van der Waals surface area contributed by atoms with Crippen molar-refractivity contribution in [1.29, 1.82) is 0 Å². The summed E-state index contributed by atoms with van der Waals surface area (Å²) in [7, 11) is 1.49. The molecule has 152 valence electrons. The highest BCUT2D eigenvalue weighted by atomic mass is 32.1. The van der Waals surface area contributed by atoms with Crippen molar-refractivity contribution in [2.75, 3.05) is 13.6 Å². The summed E-state index contributed by atoms with van der Waals surface area (Å²) in [6, 6.07) is 19.1. The molecule has 0 spiro atoms. The Bertz CT molecular complexity index is 1080. The maximum Gasteiger partial charge on any atom is 0.262 e. The Labute approximate surface area is 178 Å². The maximum atomic E-state index is 14.0. The van der Waals surface area contributed by atoms with E-state index in [1.807, 2.05) is 47.8 Å². The lowest BCUT2D eigenvalue weighted by Gasteiger charge is -2.25. The molecule has 30 heavy (non-hydrogen) atoms. The van der Waals surface area contributed by atoms with E-state index in [0.29, 0.717) is 6.42 Å². The Hall–Kier alpha value is -3.32. The molecule has 0 radical (unpaired) electrons. The van der Waals surface area contributed by atoms with Crippen molar-refractivity contribution in [2.24, 2.45) is 5.10 Å². The van der Waals surface area contributed by atoms with Gasteiger partial charge in [0.15, 0.2) is 0 Å². The molecule has 1 atom stereocenters. The van der Waals surface area contributed by atoms with E-state index in [1.54, 1.807) is 17.4 Å². The second-order valence-electron chi connectivity index (χ2n) is 7.03. The van der Waals surface area contributed by atoms with Crippen LogP contribution in [0, 0.1) is 5.82 Å². The van der Waals surface area contributed by atoms with Crippen LogP contribution in [0.25, 0.3) is 0 Å². The zero-order chi connectivity index (χ0) is 21.1. The molecule has 2 aromatic carbocycles. The molecule has 5 nitrogen and oxygen atoms in total. The lowest BCUT2D eigenvalue weighted by Crippen LogP contribution is -2.39. The quantitative estimate of drug-likeness (QED) is 0.616. The highest BCUT2D eigenvalue weighted by molar-refractivity contribution is 7.12. The van der Waals surface area contributed by atoms with Gasteiger partial charge in [-0.1, -0.05) is 48.5 Å². The Balaban J connectivity index is 1.56. The van der Waals surface area contributed by atoms with Crippen LogP contribution < -0.4 is 0 Å². The zero-order valence-electron chi connectivity index (χ0n) is 16.4. The van der Waals surface area contributed by atoms with Crippen molar-refractivity contribution >= 4 is 28.9 Å². The molecule has 0 saturated heterocycles. The van der Waals surface area contributed by atoms with Gasteiger partial charge in [0.1, 0.15) is 12.4 Å². The van der Waals surface area contributed by atoms with Crippen molar-refractivity contribution in [3.05, 3.63) is 93.9 Å². The monoisotopic (exact) mass is 421 g/mol. The third kappa shape index (κ3) is 4.02. The molecule has 2 amide bonds. The molecule has 0 unspecified atom stereocenters. The van der Waals surface area contributed by atoms with E-state index < -0.39 is 11.7 Å². The molecule has 0 fully saturated rings. The normalized spacial score (nSPS) is 15.7. The van der Waals surface area contributed by atoms with Crippen molar-refractivity contribution in [1.82, 2.24) is 9.91 Å². The molecule has 1 aliphatic heterocycles. The first kappa shape index (κ1) is 20.0. The van der Waals surface area contributed by atoms with Gasteiger partial charge in [0, 0.05) is 13.5 Å². The molecule has 3 aromatic rings. The standard InChI is InChI=1S/C23H20FN3O2S/c1-26(23(29)17-10-5-6-11-18(17)24)15-22(28)27-20(16-8-3-2-4-9-16)14-19(25-27)21-12-7-13-30-21/h2-13,20H,14-15H2,1H3/t20-/m1/s1. The molecule has 7 heteroatoms. The number of halogens is 1. The fourth-order valence-corrected chi connectivity index (χ4v) is 4.18. The number of carbonyl (C=O) groups excluding carboxylic acids is 2. The van der Waals surface area contributed by atoms with E-state index in [2.05, 4.69) is 5.10 Å². The van der Waals surface area contributed by atoms with Gasteiger partial charge in [-0.05, 0) is 29.1 Å². The summed E-state index contributed by atoms with van der Waals surface area (Å²) >= 11 is 1.57. The van der Waals surface area contributed by atoms with Crippen molar-refractivity contribution in [3.63, 3.8) is 0 Å². The number of thiophene rings is 1. The summed E-state index contributed by atoms with van der Waals surface area (Å²) in [6.45, 7) is -0.197. The average molecular weight is 421 g/mol. The number of benzene rings is 2. The lowest BCUT2D eigenvalue weighted by molar-refractivity contribution is -0.133. The Morgan fingerprint density at radius 2 is 1.83 bits per heavy atom. The summed E-state index contributed by atoms with van der Waals surface area (Å²) in [5.41, 5.74) is 1.76. The van der Waals surface area contributed by atoms with Crippen molar-refractivity contribution < 1.29 is 14.0 Å². The predicted octanol–water partition coefficient (Wildman–Crippen LogP) is 4.34. The number of likely N-dealkylation sites (N-methyl/N-ethyl adjacent to an activating group) is 1. The van der Waals surface area contributed by atoms with Crippen LogP contribution in [0.3, 0.4) is 0 Å². The van der Waals surface area contributed by atoms with Gasteiger partial charge < -0.3 is 4.90 Å². The third-order valence-electron chi connectivity index (χ3n) is 4.98. The molecule has 0 N–H and O–H groups in total. The van der Waals surface area contributed by atoms with E-state index in [9.17, 15) is 14.0 Å². The van der Waals surface area contributed by atoms with Crippen LogP contribution in [-0.4, -0.2) is 41.0 Å². The van der Waals surface area contributed by atoms with E-state index in [-0.39, 0.29) is 24.1 Å². The first-order chi connectivity index (χ1) is 14.5. The number of hydrogen-bond donors (Lipinski definition) is 0. The minimum atomic E-state index is -0.608. The Kier molecular flexibility index (Phi) is 5.72. The molecule has 1 aliphatic rings. The third-order valence-corrected chi connectivity index (χ3v) is 5.90. The molecule has 4 rings (SSSR count).